The molecule has 0 bridgehead atoms. The van der Waals surface area contributed by atoms with Crippen molar-refractivity contribution in [3.63, 3.8) is 0 Å². The molecule has 1 aromatic rings. The van der Waals surface area contributed by atoms with Crippen molar-refractivity contribution in [2.45, 2.75) is 6.43 Å². The number of rotatable bonds is 1. The Hall–Kier alpha value is -0.900. The molecule has 0 radical (unpaired) electrons. The van der Waals surface area contributed by atoms with Crippen molar-refractivity contribution in [3.05, 3.63) is 23.0 Å². The molecule has 0 spiro atoms. The van der Waals surface area contributed by atoms with Gasteiger partial charge in [-0.3, -0.25) is 4.98 Å². The molecular weight excluding hydrogens is 174 g/mol. The maximum absolute atomic E-state index is 12.0. The van der Waals surface area contributed by atoms with E-state index in [1.165, 1.54) is 6.07 Å². The van der Waals surface area contributed by atoms with Crippen molar-refractivity contribution in [1.82, 2.24) is 4.98 Å². The van der Waals surface area contributed by atoms with E-state index in [-0.39, 0.29) is 10.7 Å². The summed E-state index contributed by atoms with van der Waals surface area (Å²) in [6.45, 7) is 0. The molecule has 0 unspecified atom stereocenters. The zero-order valence-corrected chi connectivity index (χ0v) is 6.15. The summed E-state index contributed by atoms with van der Waals surface area (Å²) >= 11 is 5.40. The summed E-state index contributed by atoms with van der Waals surface area (Å²) in [5.41, 5.74) is 5.08. The minimum Gasteiger partial charge on any atom is -0.397 e. The van der Waals surface area contributed by atoms with Crippen molar-refractivity contribution in [2.24, 2.45) is 0 Å². The molecule has 60 valence electrons. The molecule has 0 aliphatic heterocycles. The monoisotopic (exact) mass is 178 g/mol. The Morgan fingerprint density at radius 3 is 2.64 bits per heavy atom. The smallest absolute Gasteiger partial charge is 0.281 e. The highest BCUT2D eigenvalue weighted by atomic mass is 35.5. The Morgan fingerprint density at radius 1 is 1.55 bits per heavy atom. The van der Waals surface area contributed by atoms with Gasteiger partial charge >= 0.3 is 0 Å². The number of pyridine rings is 1. The number of halogens is 3. The lowest BCUT2D eigenvalue weighted by atomic mass is 10.3. The predicted octanol–water partition coefficient (Wildman–Crippen LogP) is 2.25. The second-order valence-corrected chi connectivity index (χ2v) is 2.34. The molecule has 5 heteroatoms. The summed E-state index contributed by atoms with van der Waals surface area (Å²) < 4.78 is 23.9. The highest BCUT2D eigenvalue weighted by Gasteiger charge is 2.12. The molecule has 0 aliphatic rings. The Labute approximate surface area is 67.0 Å². The summed E-state index contributed by atoms with van der Waals surface area (Å²) in [5, 5.41) is -0.0972. The maximum atomic E-state index is 12.0. The lowest BCUT2D eigenvalue weighted by Gasteiger charge is -2.01. The Balaban J connectivity index is 3.09. The van der Waals surface area contributed by atoms with E-state index < -0.39 is 12.1 Å². The van der Waals surface area contributed by atoms with Gasteiger partial charge < -0.3 is 5.73 Å². The first kappa shape index (κ1) is 8.20. The van der Waals surface area contributed by atoms with E-state index in [2.05, 4.69) is 4.98 Å². The zero-order valence-electron chi connectivity index (χ0n) is 5.39. The minimum atomic E-state index is -2.65. The topological polar surface area (TPSA) is 38.9 Å². The van der Waals surface area contributed by atoms with E-state index in [9.17, 15) is 8.78 Å². The number of nitrogen functional groups attached to an aromatic ring is 1. The fourth-order valence-electron chi connectivity index (χ4n) is 0.624. The fraction of sp³-hybridized carbons (Fsp3) is 0.167. The van der Waals surface area contributed by atoms with E-state index in [0.717, 1.165) is 6.20 Å². The number of alkyl halides is 2. The highest BCUT2D eigenvalue weighted by Crippen LogP contribution is 2.25. The molecule has 2 N–H and O–H groups in total. The van der Waals surface area contributed by atoms with E-state index >= 15 is 0 Å². The number of aromatic nitrogens is 1. The van der Waals surface area contributed by atoms with E-state index in [1.807, 2.05) is 0 Å². The van der Waals surface area contributed by atoms with Crippen LogP contribution in [0.3, 0.4) is 0 Å². The van der Waals surface area contributed by atoms with Crippen LogP contribution in [0.2, 0.25) is 5.02 Å². The molecule has 1 aromatic heterocycles. The van der Waals surface area contributed by atoms with Crippen LogP contribution in [0.15, 0.2) is 12.3 Å². The molecule has 1 rings (SSSR count). The highest BCUT2D eigenvalue weighted by molar-refractivity contribution is 6.31. The van der Waals surface area contributed by atoms with Gasteiger partial charge in [0.05, 0.1) is 16.9 Å². The second kappa shape index (κ2) is 3.00. The normalized spacial score (nSPS) is 10.5. The summed E-state index contributed by atoms with van der Waals surface area (Å²) in [4.78, 5) is 3.37. The summed E-state index contributed by atoms with van der Waals surface area (Å²) in [7, 11) is 0. The predicted molar refractivity (Wildman–Crippen MR) is 38.6 cm³/mol. The lowest BCUT2D eigenvalue weighted by Crippen LogP contribution is -1.93. The van der Waals surface area contributed by atoms with Crippen molar-refractivity contribution in [1.29, 1.82) is 0 Å². The molecule has 0 aliphatic carbocycles. The number of nitrogens with zero attached hydrogens (tertiary/aromatic N) is 1. The fourth-order valence-corrected chi connectivity index (χ4v) is 0.881. The zero-order chi connectivity index (χ0) is 8.43. The molecule has 11 heavy (non-hydrogen) atoms. The molecule has 0 saturated carbocycles. The van der Waals surface area contributed by atoms with Crippen molar-refractivity contribution in [2.75, 3.05) is 5.73 Å². The third-order valence-corrected chi connectivity index (χ3v) is 1.40. The first-order chi connectivity index (χ1) is 5.11. The van der Waals surface area contributed by atoms with Gasteiger partial charge in [-0.1, -0.05) is 11.6 Å². The molecule has 0 atom stereocenters. The van der Waals surface area contributed by atoms with E-state index in [1.54, 1.807) is 0 Å². The average molecular weight is 179 g/mol. The number of hydrogen-bond donors (Lipinski definition) is 1. The third-order valence-electron chi connectivity index (χ3n) is 1.10. The number of nitrogens with two attached hydrogens (primary N) is 1. The van der Waals surface area contributed by atoms with Crippen LogP contribution in [0.5, 0.6) is 0 Å². The van der Waals surface area contributed by atoms with Gasteiger partial charge in [-0.25, -0.2) is 8.78 Å². The molecule has 0 saturated heterocycles. The molecule has 0 amide bonds. The van der Waals surface area contributed by atoms with Gasteiger partial charge in [0.2, 0.25) is 0 Å². The van der Waals surface area contributed by atoms with Crippen LogP contribution < -0.4 is 5.73 Å². The molecule has 1 heterocycles. The van der Waals surface area contributed by atoms with Crippen LogP contribution in [0.1, 0.15) is 12.1 Å². The van der Waals surface area contributed by atoms with Gasteiger partial charge in [0.1, 0.15) is 5.69 Å². The van der Waals surface area contributed by atoms with Crippen LogP contribution in [0.25, 0.3) is 0 Å². The maximum Gasteiger partial charge on any atom is 0.281 e. The first-order valence-corrected chi connectivity index (χ1v) is 3.18. The van der Waals surface area contributed by atoms with Gasteiger partial charge in [-0.2, -0.15) is 0 Å². The molecular formula is C6H5ClF2N2. The first-order valence-electron chi connectivity index (χ1n) is 2.80. The Morgan fingerprint density at radius 2 is 2.18 bits per heavy atom. The largest absolute Gasteiger partial charge is 0.397 e. The Bertz CT molecular complexity index is 265. The van der Waals surface area contributed by atoms with Gasteiger partial charge in [-0.05, 0) is 6.07 Å². The van der Waals surface area contributed by atoms with Crippen LogP contribution in [-0.2, 0) is 0 Å². The summed E-state index contributed by atoms with van der Waals surface area (Å²) in [6.07, 6.45) is -1.50. The number of hydrogen-bond acceptors (Lipinski definition) is 2. The van der Waals surface area contributed by atoms with Crippen molar-refractivity contribution < 1.29 is 8.78 Å². The molecule has 2 nitrogen and oxygen atoms in total. The quantitative estimate of drug-likeness (QED) is 0.717. The van der Waals surface area contributed by atoms with Gasteiger partial charge in [-0.15, -0.1) is 0 Å². The summed E-state index contributed by atoms with van der Waals surface area (Å²) in [6, 6.07) is 1.25. The third kappa shape index (κ3) is 1.77. The Kier molecular flexibility index (Phi) is 2.24. The van der Waals surface area contributed by atoms with Gasteiger partial charge in [0.15, 0.2) is 0 Å². The minimum absolute atomic E-state index is 0.0972. The van der Waals surface area contributed by atoms with Crippen LogP contribution in [0, 0.1) is 0 Å². The standard InChI is InChI=1S/C6H5ClF2N2/c7-4-1-3(10)2-11-5(4)6(8)9/h1-2,6H,10H2. The van der Waals surface area contributed by atoms with Gasteiger partial charge in [0.25, 0.3) is 6.43 Å². The van der Waals surface area contributed by atoms with E-state index in [0.29, 0.717) is 0 Å². The second-order valence-electron chi connectivity index (χ2n) is 1.94. The summed E-state index contributed by atoms with van der Waals surface area (Å²) in [5.74, 6) is 0. The van der Waals surface area contributed by atoms with Gasteiger partial charge in [0, 0.05) is 0 Å². The molecule has 0 aromatic carbocycles. The molecule has 0 fully saturated rings. The van der Waals surface area contributed by atoms with Crippen LogP contribution in [0.4, 0.5) is 14.5 Å². The van der Waals surface area contributed by atoms with Crippen LogP contribution >= 0.6 is 11.6 Å². The van der Waals surface area contributed by atoms with E-state index in [4.69, 9.17) is 17.3 Å². The van der Waals surface area contributed by atoms with Crippen LogP contribution in [-0.4, -0.2) is 4.98 Å². The van der Waals surface area contributed by atoms with Crippen molar-refractivity contribution >= 4 is 17.3 Å². The SMILES string of the molecule is Nc1cnc(C(F)F)c(Cl)c1. The number of anilines is 1. The lowest BCUT2D eigenvalue weighted by molar-refractivity contribution is 0.146. The average Bonchev–Trinajstić information content (AvgIpc) is 1.85. The van der Waals surface area contributed by atoms with Crippen molar-refractivity contribution in [3.8, 4) is 0 Å².